The monoisotopic (exact) mass is 912 g/mol. The van der Waals surface area contributed by atoms with Crippen LogP contribution in [0.4, 0.5) is 0 Å². The third-order valence-corrected chi connectivity index (χ3v) is 52.0. The second-order valence-corrected chi connectivity index (χ2v) is 47.8. The van der Waals surface area contributed by atoms with Crippen molar-refractivity contribution in [2.45, 2.75) is 49.7 Å². The molecule has 4 aromatic rings. The molecule has 0 spiro atoms. The van der Waals surface area contributed by atoms with Crippen molar-refractivity contribution in [3.63, 3.8) is 0 Å². The average Bonchev–Trinajstić information content (AvgIpc) is 3.65. The van der Waals surface area contributed by atoms with Crippen molar-refractivity contribution >= 4 is 65.7 Å². The van der Waals surface area contributed by atoms with E-state index in [0.717, 1.165) is 35.1 Å². The van der Waals surface area contributed by atoms with Gasteiger partial charge in [-0.1, -0.05) is 0 Å². The van der Waals surface area contributed by atoms with Gasteiger partial charge in [0.05, 0.1) is 0 Å². The number of hydrogen-bond acceptors (Lipinski definition) is 0. The minimum absolute atomic E-state index is 0.420. The molecule has 4 unspecified atom stereocenters. The van der Waals surface area contributed by atoms with Crippen LogP contribution in [0.25, 0.3) is 21.5 Å². The van der Waals surface area contributed by atoms with E-state index in [1.807, 2.05) is 47.1 Å². The first-order valence-corrected chi connectivity index (χ1v) is 33.2. The number of rotatable bonds is 6. The van der Waals surface area contributed by atoms with Crippen molar-refractivity contribution in [2.24, 2.45) is 0 Å². The van der Waals surface area contributed by atoms with Crippen LogP contribution in [0.1, 0.15) is 44.7 Å². The van der Waals surface area contributed by atoms with E-state index < -0.39 is 31.7 Å². The van der Waals surface area contributed by atoms with E-state index in [1.165, 1.54) is 32.7 Å². The Labute approximate surface area is 319 Å². The Kier molecular flexibility index (Phi) is 8.57. The van der Waals surface area contributed by atoms with Crippen molar-refractivity contribution in [2.75, 3.05) is 0 Å². The van der Waals surface area contributed by atoms with Crippen molar-refractivity contribution < 1.29 is 15.7 Å². The third kappa shape index (κ3) is 4.84. The molecular weight excluding hydrogens is 873 g/mol. The van der Waals surface area contributed by atoms with Crippen LogP contribution in [0.15, 0.2) is 180 Å². The molecule has 0 saturated carbocycles. The second-order valence-electron chi connectivity index (χ2n) is 14.4. The third-order valence-electron chi connectivity index (χ3n) is 12.1. The van der Waals surface area contributed by atoms with Crippen LogP contribution in [-0.4, -0.2) is 9.02 Å². The van der Waals surface area contributed by atoms with Crippen LogP contribution in [0.5, 0.6) is 0 Å². The van der Waals surface area contributed by atoms with E-state index >= 15 is 0 Å². The number of halogens is 4. The van der Waals surface area contributed by atoms with E-state index in [4.69, 9.17) is 40.4 Å². The van der Waals surface area contributed by atoms with Gasteiger partial charge in [0.1, 0.15) is 0 Å². The predicted octanol–water partition coefficient (Wildman–Crippen LogP) is 13.7. The zero-order valence-electron chi connectivity index (χ0n) is 29.0. The molecule has 5 heteroatoms. The van der Waals surface area contributed by atoms with Gasteiger partial charge >= 0.3 is 322 Å². The summed E-state index contributed by atoms with van der Waals surface area (Å²) in [4.78, 5) is 0. The van der Waals surface area contributed by atoms with Crippen LogP contribution >= 0.6 is 40.4 Å². The zero-order chi connectivity index (χ0) is 35.7. The Morgan fingerprint density at radius 2 is 0.961 bits per heavy atom. The summed E-state index contributed by atoms with van der Waals surface area (Å²) in [5.41, 5.74) is 5.54. The fraction of sp³-hybridized carbons (Fsp3) is 0.196. The molecule has 0 bridgehead atoms. The summed E-state index contributed by atoms with van der Waals surface area (Å²) in [7, 11) is 16.8. The van der Waals surface area contributed by atoms with E-state index in [0.29, 0.717) is 0 Å². The molecule has 0 nitrogen and oxygen atoms in total. The van der Waals surface area contributed by atoms with Crippen molar-refractivity contribution in [3.05, 3.63) is 191 Å². The Hall–Kier alpha value is -2.78. The average molecular weight is 913 g/mol. The van der Waals surface area contributed by atoms with Crippen molar-refractivity contribution in [1.82, 2.24) is 0 Å². The van der Waals surface area contributed by atoms with Crippen molar-refractivity contribution in [3.8, 4) is 0 Å². The molecule has 0 aliphatic heterocycles. The van der Waals surface area contributed by atoms with Crippen LogP contribution in [0.3, 0.4) is 0 Å². The minimum atomic E-state index is -5.99. The van der Waals surface area contributed by atoms with E-state index in [9.17, 15) is 0 Å². The molecule has 0 fully saturated rings. The summed E-state index contributed by atoms with van der Waals surface area (Å²) in [6.45, 7) is 6.44. The molecule has 4 aliphatic carbocycles. The summed E-state index contributed by atoms with van der Waals surface area (Å²) in [5, 5.41) is 4.85. The summed E-state index contributed by atoms with van der Waals surface area (Å²) in [5.74, 6) is 0. The molecule has 51 heavy (non-hydrogen) atoms. The van der Waals surface area contributed by atoms with Crippen molar-refractivity contribution in [1.29, 1.82) is 0 Å². The van der Waals surface area contributed by atoms with Gasteiger partial charge in [-0.15, -0.1) is 0 Å². The summed E-state index contributed by atoms with van der Waals surface area (Å²) >= 11 is 10.5. The molecule has 0 saturated heterocycles. The first-order chi connectivity index (χ1) is 24.5. The van der Waals surface area contributed by atoms with Gasteiger partial charge in [-0.05, 0) is 0 Å². The fourth-order valence-electron chi connectivity index (χ4n) is 9.10. The van der Waals surface area contributed by atoms with Gasteiger partial charge < -0.3 is 0 Å². The number of allylic oxidation sites excluding steroid dienone is 16. The summed E-state index contributed by atoms with van der Waals surface area (Å²) in [6, 6.07) is 30.3. The zero-order valence-corrected chi connectivity index (χ0v) is 35.6. The molecule has 0 aromatic heterocycles. The van der Waals surface area contributed by atoms with Gasteiger partial charge in [-0.3, -0.25) is 0 Å². The maximum atomic E-state index is 8.42. The van der Waals surface area contributed by atoms with Crippen LogP contribution < -0.4 is 0 Å². The molecule has 8 rings (SSSR count). The molecule has 256 valence electrons. The maximum absolute atomic E-state index is 8.42. The number of hydrogen-bond donors (Lipinski definition) is 0. The molecule has 0 heterocycles. The Morgan fingerprint density at radius 3 is 1.37 bits per heavy atom. The van der Waals surface area contributed by atoms with Crippen LogP contribution in [-0.2, 0) is 26.5 Å². The van der Waals surface area contributed by atoms with Crippen LogP contribution in [0, 0.1) is 0 Å². The Morgan fingerprint density at radius 1 is 0.549 bits per heavy atom. The standard InChI is InChI=1S/2C22H18Cl.C2H4.2ClH.Hf/c2*1-2-22(14-17-9-4-6-13-21(23)19(17)15-22)20-12-7-10-16-8-3-5-11-18(16)20;1-2;;;/h2*3-15H,2H2,1H3;1H,2H3;2*1H;/q;;;;;+2/p-2. The molecular formula is C46H40Cl4Hf. The molecule has 0 amide bonds. The number of alkyl halides is 2. The van der Waals surface area contributed by atoms with Gasteiger partial charge in [0.25, 0.3) is 0 Å². The topological polar surface area (TPSA) is 0 Å². The van der Waals surface area contributed by atoms with Gasteiger partial charge in [0.15, 0.2) is 0 Å². The number of benzene rings is 4. The fourth-order valence-corrected chi connectivity index (χ4v) is 32.5. The van der Waals surface area contributed by atoms with E-state index in [2.05, 4.69) is 135 Å². The normalized spacial score (nSPS) is 28.5. The van der Waals surface area contributed by atoms with Gasteiger partial charge in [-0.2, -0.15) is 0 Å². The summed E-state index contributed by atoms with van der Waals surface area (Å²) < 4.78 is -0.549. The van der Waals surface area contributed by atoms with E-state index in [1.54, 1.807) is 0 Å². The van der Waals surface area contributed by atoms with Gasteiger partial charge in [0, 0.05) is 0 Å². The Bertz CT molecular complexity index is 2290. The van der Waals surface area contributed by atoms with E-state index in [-0.39, 0.29) is 0 Å². The number of fused-ring (bicyclic) bond motifs is 4. The van der Waals surface area contributed by atoms with Gasteiger partial charge in [0.2, 0.25) is 0 Å². The molecule has 4 aromatic carbocycles. The first-order valence-electron chi connectivity index (χ1n) is 17.9. The molecule has 0 N–H and O–H groups in total. The molecule has 4 aliphatic rings. The SMILES string of the molecule is C[CH]=[Hf]([Cl])([Cl])([C]1(Cl)C=CC=CC2=CC(CC)(c3cccc4ccccc34)C=C21)[C]1(Cl)C=CC=CC2=CC(CC)(c3cccc4ccccc34)C=C21. The first kappa shape index (κ1) is 35.3. The Balaban J connectivity index is 1.36. The predicted molar refractivity (Wildman–Crippen MR) is 221 cm³/mol. The second kappa shape index (κ2) is 12.4. The van der Waals surface area contributed by atoms with Crippen LogP contribution in [0.2, 0.25) is 0 Å². The molecule has 4 atom stereocenters. The molecule has 0 radical (unpaired) electrons. The summed E-state index contributed by atoms with van der Waals surface area (Å²) in [6.07, 6.45) is 27.5. The quantitative estimate of drug-likeness (QED) is 0.134. The van der Waals surface area contributed by atoms with Gasteiger partial charge in [-0.25, -0.2) is 0 Å².